The average molecular weight is 251 g/mol. The van der Waals surface area contributed by atoms with Crippen molar-refractivity contribution in [3.63, 3.8) is 0 Å². The number of rotatable bonds is 2. The Labute approximate surface area is 113 Å². The van der Waals surface area contributed by atoms with Crippen molar-refractivity contribution in [1.82, 2.24) is 0 Å². The van der Waals surface area contributed by atoms with Gasteiger partial charge >= 0.3 is 0 Å². The van der Waals surface area contributed by atoms with Crippen LogP contribution in [0.3, 0.4) is 0 Å². The first kappa shape index (κ1) is 13.0. The standard InChI is InChI=1S/C16H17N3/c1-10-6-11(2)16(12(3)7-10)19-15-8-13(9-17)4-5-14(15)18/h4-8,19H,18H2,1-3H3. The van der Waals surface area contributed by atoms with Crippen LogP contribution >= 0.6 is 0 Å². The third-order valence-electron chi connectivity index (χ3n) is 3.12. The van der Waals surface area contributed by atoms with Crippen LogP contribution in [0.25, 0.3) is 0 Å². The van der Waals surface area contributed by atoms with Crippen molar-refractivity contribution in [1.29, 1.82) is 5.26 Å². The van der Waals surface area contributed by atoms with E-state index in [0.29, 0.717) is 11.3 Å². The van der Waals surface area contributed by atoms with Gasteiger partial charge in [0.2, 0.25) is 0 Å². The molecule has 2 aromatic carbocycles. The SMILES string of the molecule is Cc1cc(C)c(Nc2cc(C#N)ccc2N)c(C)c1. The number of nitrogen functional groups attached to an aromatic ring is 1. The second kappa shape index (κ2) is 5.03. The topological polar surface area (TPSA) is 61.8 Å². The number of nitrogens with zero attached hydrogens (tertiary/aromatic N) is 1. The second-order valence-corrected chi connectivity index (χ2v) is 4.81. The number of hydrogen-bond donors (Lipinski definition) is 2. The van der Waals surface area contributed by atoms with E-state index in [4.69, 9.17) is 11.0 Å². The third-order valence-corrected chi connectivity index (χ3v) is 3.12. The molecular formula is C16H17N3. The number of aryl methyl sites for hydroxylation is 3. The van der Waals surface area contributed by atoms with Crippen LogP contribution in [-0.4, -0.2) is 0 Å². The summed E-state index contributed by atoms with van der Waals surface area (Å²) < 4.78 is 0. The molecule has 0 saturated heterocycles. The van der Waals surface area contributed by atoms with E-state index in [-0.39, 0.29) is 0 Å². The van der Waals surface area contributed by atoms with Gasteiger partial charge in [-0.25, -0.2) is 0 Å². The molecule has 0 heterocycles. The van der Waals surface area contributed by atoms with Gasteiger partial charge in [-0.1, -0.05) is 17.7 Å². The molecule has 0 aromatic heterocycles. The summed E-state index contributed by atoms with van der Waals surface area (Å²) in [6.07, 6.45) is 0. The molecule has 0 aliphatic heterocycles. The molecule has 0 saturated carbocycles. The Hall–Kier alpha value is -2.47. The van der Waals surface area contributed by atoms with Gasteiger partial charge in [-0.15, -0.1) is 0 Å². The Bertz CT molecular complexity index is 643. The second-order valence-electron chi connectivity index (χ2n) is 4.81. The van der Waals surface area contributed by atoms with E-state index in [2.05, 4.69) is 44.3 Å². The molecule has 19 heavy (non-hydrogen) atoms. The molecule has 0 aliphatic rings. The van der Waals surface area contributed by atoms with Crippen LogP contribution in [0.5, 0.6) is 0 Å². The highest BCUT2D eigenvalue weighted by Gasteiger charge is 2.07. The summed E-state index contributed by atoms with van der Waals surface area (Å²) >= 11 is 0. The summed E-state index contributed by atoms with van der Waals surface area (Å²) in [5, 5.41) is 12.3. The van der Waals surface area contributed by atoms with Crippen molar-refractivity contribution < 1.29 is 0 Å². The van der Waals surface area contributed by atoms with Crippen molar-refractivity contribution in [2.24, 2.45) is 0 Å². The Morgan fingerprint density at radius 1 is 1.05 bits per heavy atom. The number of hydrogen-bond acceptors (Lipinski definition) is 3. The van der Waals surface area contributed by atoms with Crippen LogP contribution in [0, 0.1) is 32.1 Å². The molecule has 0 aliphatic carbocycles. The van der Waals surface area contributed by atoms with Gasteiger partial charge in [0.25, 0.3) is 0 Å². The molecule has 3 N–H and O–H groups in total. The van der Waals surface area contributed by atoms with Gasteiger partial charge in [-0.3, -0.25) is 0 Å². The summed E-state index contributed by atoms with van der Waals surface area (Å²) in [6, 6.07) is 11.6. The Kier molecular flexibility index (Phi) is 3.43. The zero-order chi connectivity index (χ0) is 14.0. The van der Waals surface area contributed by atoms with E-state index in [1.165, 1.54) is 16.7 Å². The predicted molar refractivity (Wildman–Crippen MR) is 79.5 cm³/mol. The highest BCUT2D eigenvalue weighted by Crippen LogP contribution is 2.29. The summed E-state index contributed by atoms with van der Waals surface area (Å²) in [6.45, 7) is 6.20. The predicted octanol–water partition coefficient (Wildman–Crippen LogP) is 3.81. The first-order valence-corrected chi connectivity index (χ1v) is 6.16. The van der Waals surface area contributed by atoms with Crippen molar-refractivity contribution >= 4 is 17.1 Å². The van der Waals surface area contributed by atoms with Gasteiger partial charge in [-0.2, -0.15) is 5.26 Å². The fraction of sp³-hybridized carbons (Fsp3) is 0.188. The Morgan fingerprint density at radius 3 is 2.26 bits per heavy atom. The van der Waals surface area contributed by atoms with Crippen LogP contribution in [-0.2, 0) is 0 Å². The first-order valence-electron chi connectivity index (χ1n) is 6.16. The van der Waals surface area contributed by atoms with Crippen molar-refractivity contribution in [2.45, 2.75) is 20.8 Å². The minimum absolute atomic E-state index is 0.596. The van der Waals surface area contributed by atoms with E-state index >= 15 is 0 Å². The molecule has 0 amide bonds. The lowest BCUT2D eigenvalue weighted by Gasteiger charge is -2.15. The highest BCUT2D eigenvalue weighted by molar-refractivity contribution is 5.76. The number of benzene rings is 2. The van der Waals surface area contributed by atoms with Crippen molar-refractivity contribution in [3.8, 4) is 6.07 Å². The van der Waals surface area contributed by atoms with Gasteiger partial charge in [0.1, 0.15) is 0 Å². The fourth-order valence-corrected chi connectivity index (χ4v) is 2.25. The molecule has 0 unspecified atom stereocenters. The van der Waals surface area contributed by atoms with Crippen LogP contribution in [0.2, 0.25) is 0 Å². The van der Waals surface area contributed by atoms with Gasteiger partial charge in [0.15, 0.2) is 0 Å². The summed E-state index contributed by atoms with van der Waals surface area (Å²) in [5.41, 5.74) is 12.6. The number of nitrogens with two attached hydrogens (primary N) is 1. The number of nitriles is 1. The molecule has 0 radical (unpaired) electrons. The quantitative estimate of drug-likeness (QED) is 0.798. The normalized spacial score (nSPS) is 10.0. The number of nitrogens with one attached hydrogen (secondary N) is 1. The first-order chi connectivity index (χ1) is 9.01. The van der Waals surface area contributed by atoms with E-state index in [1.807, 2.05) is 0 Å². The zero-order valence-electron chi connectivity index (χ0n) is 11.4. The third kappa shape index (κ3) is 2.69. The van der Waals surface area contributed by atoms with Crippen molar-refractivity contribution in [2.75, 3.05) is 11.1 Å². The smallest absolute Gasteiger partial charge is 0.0992 e. The zero-order valence-corrected chi connectivity index (χ0v) is 11.4. The lowest BCUT2D eigenvalue weighted by atomic mass is 10.0. The Morgan fingerprint density at radius 2 is 1.68 bits per heavy atom. The molecular weight excluding hydrogens is 234 g/mol. The summed E-state index contributed by atoms with van der Waals surface area (Å²) in [4.78, 5) is 0. The van der Waals surface area contributed by atoms with E-state index in [1.54, 1.807) is 18.2 Å². The molecule has 2 aromatic rings. The van der Waals surface area contributed by atoms with Crippen LogP contribution < -0.4 is 11.1 Å². The van der Waals surface area contributed by atoms with Crippen LogP contribution in [0.4, 0.5) is 17.1 Å². The maximum atomic E-state index is 8.95. The maximum Gasteiger partial charge on any atom is 0.0992 e. The van der Waals surface area contributed by atoms with Gasteiger partial charge < -0.3 is 11.1 Å². The fourth-order valence-electron chi connectivity index (χ4n) is 2.25. The average Bonchev–Trinajstić information content (AvgIpc) is 2.35. The molecule has 2 rings (SSSR count). The largest absolute Gasteiger partial charge is 0.397 e. The van der Waals surface area contributed by atoms with E-state index in [9.17, 15) is 0 Å². The molecule has 0 fully saturated rings. The lowest BCUT2D eigenvalue weighted by Crippen LogP contribution is -2.00. The minimum Gasteiger partial charge on any atom is -0.397 e. The van der Waals surface area contributed by atoms with Gasteiger partial charge in [-0.05, 0) is 50.1 Å². The molecule has 0 bridgehead atoms. The Balaban J connectivity index is 2.45. The molecule has 3 nitrogen and oxygen atoms in total. The van der Waals surface area contributed by atoms with E-state index in [0.717, 1.165) is 11.4 Å². The lowest BCUT2D eigenvalue weighted by molar-refractivity contribution is 1.31. The van der Waals surface area contributed by atoms with Gasteiger partial charge in [0, 0.05) is 5.69 Å². The van der Waals surface area contributed by atoms with Crippen LogP contribution in [0.15, 0.2) is 30.3 Å². The summed E-state index contributed by atoms with van der Waals surface area (Å²) in [7, 11) is 0. The highest BCUT2D eigenvalue weighted by atomic mass is 14.9. The maximum absolute atomic E-state index is 8.95. The summed E-state index contributed by atoms with van der Waals surface area (Å²) in [5.74, 6) is 0. The minimum atomic E-state index is 0.596. The van der Waals surface area contributed by atoms with E-state index < -0.39 is 0 Å². The molecule has 3 heteroatoms. The monoisotopic (exact) mass is 251 g/mol. The van der Waals surface area contributed by atoms with Crippen LogP contribution in [0.1, 0.15) is 22.3 Å². The molecule has 96 valence electrons. The molecule has 0 atom stereocenters. The van der Waals surface area contributed by atoms with Crippen molar-refractivity contribution in [3.05, 3.63) is 52.6 Å². The molecule has 0 spiro atoms. The number of anilines is 3. The van der Waals surface area contributed by atoms with Gasteiger partial charge in [0.05, 0.1) is 23.0 Å².